The van der Waals surface area contributed by atoms with Crippen molar-refractivity contribution in [2.75, 3.05) is 0 Å². The summed E-state index contributed by atoms with van der Waals surface area (Å²) >= 11 is 0. The van der Waals surface area contributed by atoms with Gasteiger partial charge in [0.05, 0.1) is 5.39 Å². The first-order valence-electron chi connectivity index (χ1n) is 5.31. The number of phenols is 1. The van der Waals surface area contributed by atoms with Crippen molar-refractivity contribution in [2.45, 2.75) is 6.92 Å². The van der Waals surface area contributed by atoms with Crippen molar-refractivity contribution >= 4 is 21.7 Å². The van der Waals surface area contributed by atoms with Gasteiger partial charge in [0.1, 0.15) is 17.1 Å². The van der Waals surface area contributed by atoms with Gasteiger partial charge in [-0.2, -0.15) is 0 Å². The third-order valence-corrected chi connectivity index (χ3v) is 2.82. The molecule has 0 saturated carbocycles. The van der Waals surface area contributed by atoms with Crippen molar-refractivity contribution in [2.24, 2.45) is 0 Å². The molecule has 84 valence electrons. The Morgan fingerprint density at radius 3 is 2.76 bits per heavy atom. The number of benzene rings is 2. The molecule has 1 heterocycles. The summed E-state index contributed by atoms with van der Waals surface area (Å²) in [6.07, 6.45) is 0. The quantitative estimate of drug-likeness (QED) is 0.599. The van der Waals surface area contributed by atoms with Gasteiger partial charge in [-0.25, -0.2) is 0 Å². The fourth-order valence-electron chi connectivity index (χ4n) is 2.10. The van der Waals surface area contributed by atoms with E-state index in [0.29, 0.717) is 16.7 Å². The van der Waals surface area contributed by atoms with Crippen molar-refractivity contribution in [1.82, 2.24) is 0 Å². The molecule has 0 unspecified atom stereocenters. The minimum absolute atomic E-state index is 0.0555. The van der Waals surface area contributed by atoms with E-state index in [1.807, 2.05) is 6.07 Å². The van der Waals surface area contributed by atoms with Crippen LogP contribution in [0.3, 0.4) is 0 Å². The first-order valence-corrected chi connectivity index (χ1v) is 5.31. The average Bonchev–Trinajstić information content (AvgIpc) is 2.28. The van der Waals surface area contributed by atoms with E-state index in [4.69, 9.17) is 4.42 Å². The summed E-state index contributed by atoms with van der Waals surface area (Å²) in [5.74, 6) is 0.786. The molecule has 0 aliphatic heterocycles. The molecular weight excluding hydrogens is 216 g/mol. The Kier molecular flexibility index (Phi) is 1.95. The van der Waals surface area contributed by atoms with Crippen LogP contribution in [-0.2, 0) is 0 Å². The Hall–Kier alpha value is -2.29. The molecular formula is C14H10O3. The molecule has 0 saturated heterocycles. The Morgan fingerprint density at radius 2 is 1.94 bits per heavy atom. The molecule has 1 N–H and O–H groups in total. The summed E-state index contributed by atoms with van der Waals surface area (Å²) in [7, 11) is 0. The van der Waals surface area contributed by atoms with Gasteiger partial charge >= 0.3 is 0 Å². The van der Waals surface area contributed by atoms with Crippen LogP contribution >= 0.6 is 0 Å². The van der Waals surface area contributed by atoms with Crippen LogP contribution in [0, 0.1) is 6.92 Å². The van der Waals surface area contributed by atoms with Crippen LogP contribution in [-0.4, -0.2) is 5.11 Å². The normalized spacial score (nSPS) is 11.1. The number of hydrogen-bond donors (Lipinski definition) is 1. The molecule has 3 heteroatoms. The first kappa shape index (κ1) is 9.90. The lowest BCUT2D eigenvalue weighted by atomic mass is 10.1. The van der Waals surface area contributed by atoms with Crippen LogP contribution in [0.2, 0.25) is 0 Å². The monoisotopic (exact) mass is 226 g/mol. The summed E-state index contributed by atoms with van der Waals surface area (Å²) in [6.45, 7) is 1.75. The molecule has 0 aliphatic rings. The van der Waals surface area contributed by atoms with Gasteiger partial charge in [-0.3, -0.25) is 4.79 Å². The maximum absolute atomic E-state index is 12.0. The Labute approximate surface area is 96.9 Å². The Balaban J connectivity index is 2.60. The number of fused-ring (bicyclic) bond motifs is 3. The molecule has 3 rings (SSSR count). The highest BCUT2D eigenvalue weighted by Gasteiger charge is 2.07. The minimum Gasteiger partial charge on any atom is -0.508 e. The zero-order chi connectivity index (χ0) is 12.0. The predicted octanol–water partition coefficient (Wildman–Crippen LogP) is 2.96. The second kappa shape index (κ2) is 3.35. The van der Waals surface area contributed by atoms with E-state index < -0.39 is 0 Å². The average molecular weight is 226 g/mol. The molecule has 17 heavy (non-hydrogen) atoms. The second-order valence-corrected chi connectivity index (χ2v) is 4.07. The number of aryl methyl sites for hydroxylation is 1. The van der Waals surface area contributed by atoms with Gasteiger partial charge in [0.25, 0.3) is 0 Å². The molecule has 3 nitrogen and oxygen atoms in total. The molecule has 0 bridgehead atoms. The smallest absolute Gasteiger partial charge is 0.193 e. The topological polar surface area (TPSA) is 50.4 Å². The molecule has 0 fully saturated rings. The molecule has 0 aliphatic carbocycles. The van der Waals surface area contributed by atoms with Crippen LogP contribution in [0.5, 0.6) is 5.75 Å². The summed E-state index contributed by atoms with van der Waals surface area (Å²) in [5, 5.41) is 11.6. The lowest BCUT2D eigenvalue weighted by Gasteiger charge is -2.03. The second-order valence-electron chi connectivity index (χ2n) is 4.07. The summed E-state index contributed by atoms with van der Waals surface area (Å²) in [4.78, 5) is 12.0. The minimum atomic E-state index is -0.0555. The predicted molar refractivity (Wildman–Crippen MR) is 66.4 cm³/mol. The fourth-order valence-corrected chi connectivity index (χ4v) is 2.10. The highest BCUT2D eigenvalue weighted by atomic mass is 16.3. The Bertz CT molecular complexity index is 784. The van der Waals surface area contributed by atoms with Crippen LogP contribution in [0.1, 0.15) is 5.76 Å². The maximum Gasteiger partial charge on any atom is 0.193 e. The van der Waals surface area contributed by atoms with Crippen molar-refractivity contribution < 1.29 is 9.52 Å². The number of phenolic OH excluding ortho intramolecular Hbond substituents is 1. The van der Waals surface area contributed by atoms with Gasteiger partial charge in [0.2, 0.25) is 0 Å². The van der Waals surface area contributed by atoms with Gasteiger partial charge in [0.15, 0.2) is 5.43 Å². The first-order chi connectivity index (χ1) is 8.15. The third-order valence-electron chi connectivity index (χ3n) is 2.82. The molecule has 0 spiro atoms. The zero-order valence-electron chi connectivity index (χ0n) is 9.23. The van der Waals surface area contributed by atoms with Crippen LogP contribution < -0.4 is 5.43 Å². The summed E-state index contributed by atoms with van der Waals surface area (Å²) < 4.78 is 5.52. The van der Waals surface area contributed by atoms with E-state index in [0.717, 1.165) is 10.8 Å². The van der Waals surface area contributed by atoms with Gasteiger partial charge in [0, 0.05) is 6.07 Å². The van der Waals surface area contributed by atoms with Crippen LogP contribution in [0.4, 0.5) is 0 Å². The van der Waals surface area contributed by atoms with E-state index >= 15 is 0 Å². The van der Waals surface area contributed by atoms with Gasteiger partial charge in [-0.1, -0.05) is 6.07 Å². The van der Waals surface area contributed by atoms with Crippen LogP contribution in [0.15, 0.2) is 45.6 Å². The van der Waals surface area contributed by atoms with Gasteiger partial charge in [-0.15, -0.1) is 0 Å². The van der Waals surface area contributed by atoms with E-state index in [1.54, 1.807) is 31.2 Å². The van der Waals surface area contributed by atoms with Crippen molar-refractivity contribution in [1.29, 1.82) is 0 Å². The fraction of sp³-hybridized carbons (Fsp3) is 0.0714. The summed E-state index contributed by atoms with van der Waals surface area (Å²) in [6, 6.07) is 10.0. The van der Waals surface area contributed by atoms with E-state index in [-0.39, 0.29) is 11.2 Å². The van der Waals surface area contributed by atoms with Crippen molar-refractivity contribution in [3.63, 3.8) is 0 Å². The highest BCUT2D eigenvalue weighted by Crippen LogP contribution is 2.26. The number of aromatic hydroxyl groups is 1. The maximum atomic E-state index is 12.0. The molecule has 0 amide bonds. The van der Waals surface area contributed by atoms with E-state index in [1.165, 1.54) is 6.07 Å². The molecule has 3 aromatic rings. The standard InChI is InChI=1S/C14H10O3/c1-8-6-12(16)14-11-4-3-10(15)7-9(11)2-5-13(14)17-8/h2-7,15H,1H3. The molecule has 1 aromatic heterocycles. The summed E-state index contributed by atoms with van der Waals surface area (Å²) in [5.41, 5.74) is 0.522. The van der Waals surface area contributed by atoms with E-state index in [2.05, 4.69) is 0 Å². The number of hydrogen-bond acceptors (Lipinski definition) is 3. The SMILES string of the molecule is Cc1cc(=O)c2c(ccc3cc(O)ccc32)o1. The largest absolute Gasteiger partial charge is 0.508 e. The van der Waals surface area contributed by atoms with E-state index in [9.17, 15) is 9.90 Å². The molecule has 0 atom stereocenters. The van der Waals surface area contributed by atoms with Crippen LogP contribution in [0.25, 0.3) is 21.7 Å². The lowest BCUT2D eigenvalue weighted by molar-refractivity contribution is 0.476. The van der Waals surface area contributed by atoms with Crippen molar-refractivity contribution in [3.8, 4) is 5.75 Å². The lowest BCUT2D eigenvalue weighted by Crippen LogP contribution is -2.00. The van der Waals surface area contributed by atoms with Gasteiger partial charge in [-0.05, 0) is 42.0 Å². The molecule has 2 aromatic carbocycles. The van der Waals surface area contributed by atoms with Crippen molar-refractivity contribution in [3.05, 3.63) is 52.4 Å². The Morgan fingerprint density at radius 1 is 1.12 bits per heavy atom. The zero-order valence-corrected chi connectivity index (χ0v) is 9.23. The highest BCUT2D eigenvalue weighted by molar-refractivity contribution is 6.05. The number of rotatable bonds is 0. The van der Waals surface area contributed by atoms with Gasteiger partial charge < -0.3 is 9.52 Å². The molecule has 0 radical (unpaired) electrons. The third kappa shape index (κ3) is 1.47.